The number of carbonyl (C=O) groups is 4. The summed E-state index contributed by atoms with van der Waals surface area (Å²) in [7, 11) is 2.85. The van der Waals surface area contributed by atoms with E-state index in [9.17, 15) is 19.2 Å². The van der Waals surface area contributed by atoms with Crippen molar-refractivity contribution in [3.05, 3.63) is 35.9 Å². The van der Waals surface area contributed by atoms with Crippen molar-refractivity contribution < 1.29 is 33.8 Å². The number of carboxylic acid groups (broad SMARTS) is 1. The average molecular weight is 422 g/mol. The lowest BCUT2D eigenvalue weighted by Crippen LogP contribution is -2.42. The lowest BCUT2D eigenvalue weighted by Gasteiger charge is -2.20. The van der Waals surface area contributed by atoms with Gasteiger partial charge in [0.2, 0.25) is 5.91 Å². The number of benzene rings is 1. The molecule has 30 heavy (non-hydrogen) atoms. The van der Waals surface area contributed by atoms with E-state index >= 15 is 0 Å². The van der Waals surface area contributed by atoms with Crippen molar-refractivity contribution >= 4 is 23.9 Å². The molecule has 9 nitrogen and oxygen atoms in total. The van der Waals surface area contributed by atoms with Gasteiger partial charge in [0, 0.05) is 26.4 Å². The van der Waals surface area contributed by atoms with Crippen LogP contribution in [-0.2, 0) is 30.5 Å². The summed E-state index contributed by atoms with van der Waals surface area (Å²) in [5, 5.41) is 11.1. The number of methoxy groups -OCH3 is 1. The number of alkyl carbamates (subject to hydrolysis) is 1. The molecule has 166 valence electrons. The number of hydrogen-bond acceptors (Lipinski definition) is 6. The molecule has 1 aromatic carbocycles. The van der Waals surface area contributed by atoms with Gasteiger partial charge in [-0.3, -0.25) is 9.59 Å². The van der Waals surface area contributed by atoms with Crippen LogP contribution in [0.15, 0.2) is 30.3 Å². The maximum atomic E-state index is 12.3. The quantitative estimate of drug-likeness (QED) is 0.369. The molecule has 0 bridgehead atoms. The van der Waals surface area contributed by atoms with Gasteiger partial charge in [-0.25, -0.2) is 9.59 Å². The molecule has 9 heteroatoms. The SMILES string of the molecule is COC(=O)[C@H](CCC(=O)N(C)CCCCCC(=O)O)NC(=O)OCc1ccccc1. The first-order valence-corrected chi connectivity index (χ1v) is 9.84. The van der Waals surface area contributed by atoms with Crippen molar-refractivity contribution in [2.75, 3.05) is 20.7 Å². The second-order valence-electron chi connectivity index (χ2n) is 6.84. The number of carbonyl (C=O) groups excluding carboxylic acids is 3. The number of amides is 2. The Hall–Kier alpha value is -3.10. The van der Waals surface area contributed by atoms with Crippen molar-refractivity contribution in [1.29, 1.82) is 0 Å². The van der Waals surface area contributed by atoms with E-state index in [0.717, 1.165) is 5.56 Å². The molecular formula is C21H30N2O7. The highest BCUT2D eigenvalue weighted by atomic mass is 16.6. The molecule has 0 aromatic heterocycles. The predicted molar refractivity (Wildman–Crippen MR) is 109 cm³/mol. The van der Waals surface area contributed by atoms with E-state index in [1.807, 2.05) is 18.2 Å². The normalized spacial score (nSPS) is 11.3. The van der Waals surface area contributed by atoms with Crippen LogP contribution in [0.1, 0.15) is 44.1 Å². The maximum Gasteiger partial charge on any atom is 0.408 e. The van der Waals surface area contributed by atoms with Crippen molar-refractivity contribution in [1.82, 2.24) is 10.2 Å². The highest BCUT2D eigenvalue weighted by Crippen LogP contribution is 2.07. The van der Waals surface area contributed by atoms with Gasteiger partial charge in [-0.1, -0.05) is 36.8 Å². The monoisotopic (exact) mass is 422 g/mol. The number of unbranched alkanes of at least 4 members (excludes halogenated alkanes) is 2. The van der Waals surface area contributed by atoms with E-state index in [4.69, 9.17) is 14.6 Å². The predicted octanol–water partition coefficient (Wildman–Crippen LogP) is 2.34. The van der Waals surface area contributed by atoms with E-state index in [-0.39, 0.29) is 31.8 Å². The molecule has 0 saturated carbocycles. The number of rotatable bonds is 13. The van der Waals surface area contributed by atoms with Gasteiger partial charge in [0.15, 0.2) is 0 Å². The summed E-state index contributed by atoms with van der Waals surface area (Å²) in [5.74, 6) is -1.67. The minimum Gasteiger partial charge on any atom is -0.481 e. The van der Waals surface area contributed by atoms with E-state index in [2.05, 4.69) is 5.32 Å². The van der Waals surface area contributed by atoms with Crippen LogP contribution >= 0.6 is 0 Å². The molecule has 2 amide bonds. The molecule has 0 heterocycles. The fourth-order valence-electron chi connectivity index (χ4n) is 2.68. The number of esters is 1. The van der Waals surface area contributed by atoms with Gasteiger partial charge in [0.05, 0.1) is 7.11 Å². The fraction of sp³-hybridized carbons (Fsp3) is 0.524. The second kappa shape index (κ2) is 14.0. The summed E-state index contributed by atoms with van der Waals surface area (Å²) in [4.78, 5) is 48.2. The standard InChI is InChI=1S/C21H30N2O7/c1-23(14-8-4-7-11-19(25)26)18(24)13-12-17(20(27)29-2)22-21(28)30-15-16-9-5-3-6-10-16/h3,5-6,9-10,17H,4,7-8,11-15H2,1-2H3,(H,22,28)(H,25,26)/t17-/m0/s1. The Morgan fingerprint density at radius 2 is 1.77 bits per heavy atom. The van der Waals surface area contributed by atoms with Crippen molar-refractivity contribution in [2.45, 2.75) is 51.2 Å². The highest BCUT2D eigenvalue weighted by Gasteiger charge is 2.24. The first kappa shape index (κ1) is 24.9. The van der Waals surface area contributed by atoms with Gasteiger partial charge in [0.25, 0.3) is 0 Å². The molecule has 1 rings (SSSR count). The summed E-state index contributed by atoms with van der Waals surface area (Å²) in [6.07, 6.45) is 1.44. The number of hydrogen-bond donors (Lipinski definition) is 2. The van der Waals surface area contributed by atoms with Gasteiger partial charge in [0.1, 0.15) is 12.6 Å². The molecule has 0 aliphatic rings. The molecule has 0 saturated heterocycles. The summed E-state index contributed by atoms with van der Waals surface area (Å²) in [6.45, 7) is 0.554. The Labute approximate surface area is 176 Å². The van der Waals surface area contributed by atoms with E-state index in [1.165, 1.54) is 12.0 Å². The summed E-state index contributed by atoms with van der Waals surface area (Å²) in [5.41, 5.74) is 0.808. The molecule has 2 N–H and O–H groups in total. The Balaban J connectivity index is 2.40. The van der Waals surface area contributed by atoms with Gasteiger partial charge in [-0.2, -0.15) is 0 Å². The molecule has 0 aliphatic heterocycles. The molecule has 1 atom stereocenters. The van der Waals surface area contributed by atoms with Crippen LogP contribution in [0, 0.1) is 0 Å². The summed E-state index contributed by atoms with van der Waals surface area (Å²) < 4.78 is 9.80. The van der Waals surface area contributed by atoms with Crippen LogP contribution in [0.5, 0.6) is 0 Å². The Bertz CT molecular complexity index is 694. The third kappa shape index (κ3) is 10.4. The van der Waals surface area contributed by atoms with Gasteiger partial charge in [-0.05, 0) is 24.8 Å². The van der Waals surface area contributed by atoms with Crippen molar-refractivity contribution in [3.63, 3.8) is 0 Å². The third-order valence-electron chi connectivity index (χ3n) is 4.45. The molecule has 0 unspecified atom stereocenters. The van der Waals surface area contributed by atoms with E-state index in [1.54, 1.807) is 19.2 Å². The number of carboxylic acids is 1. The molecule has 0 spiro atoms. The number of aliphatic carboxylic acids is 1. The Kier molecular flexibility index (Phi) is 11.6. The molecule has 0 fully saturated rings. The second-order valence-corrected chi connectivity index (χ2v) is 6.84. The number of ether oxygens (including phenoxy) is 2. The van der Waals surface area contributed by atoms with Crippen LogP contribution in [0.25, 0.3) is 0 Å². The van der Waals surface area contributed by atoms with Crippen LogP contribution in [0.2, 0.25) is 0 Å². The first-order chi connectivity index (χ1) is 14.3. The zero-order chi connectivity index (χ0) is 22.4. The molecule has 0 radical (unpaired) electrons. The Morgan fingerprint density at radius 1 is 1.07 bits per heavy atom. The zero-order valence-electron chi connectivity index (χ0n) is 17.5. The summed E-state index contributed by atoms with van der Waals surface area (Å²) in [6, 6.07) is 8.11. The maximum absolute atomic E-state index is 12.3. The van der Waals surface area contributed by atoms with Crippen LogP contribution in [-0.4, -0.2) is 60.7 Å². The first-order valence-electron chi connectivity index (χ1n) is 9.84. The van der Waals surface area contributed by atoms with Gasteiger partial charge >= 0.3 is 18.0 Å². The lowest BCUT2D eigenvalue weighted by atomic mass is 10.1. The molecule has 0 aliphatic carbocycles. The van der Waals surface area contributed by atoms with Crippen LogP contribution in [0.4, 0.5) is 4.79 Å². The van der Waals surface area contributed by atoms with Crippen molar-refractivity contribution in [2.24, 2.45) is 0 Å². The number of nitrogens with one attached hydrogen (secondary N) is 1. The van der Waals surface area contributed by atoms with Crippen molar-refractivity contribution in [3.8, 4) is 0 Å². The highest BCUT2D eigenvalue weighted by molar-refractivity contribution is 5.82. The van der Waals surface area contributed by atoms with Gasteiger partial charge in [-0.15, -0.1) is 0 Å². The Morgan fingerprint density at radius 3 is 2.40 bits per heavy atom. The van der Waals surface area contributed by atoms with E-state index in [0.29, 0.717) is 25.8 Å². The van der Waals surface area contributed by atoms with E-state index < -0.39 is 24.1 Å². The largest absolute Gasteiger partial charge is 0.481 e. The minimum atomic E-state index is -0.994. The van der Waals surface area contributed by atoms with Gasteiger partial charge < -0.3 is 24.8 Å². The fourth-order valence-corrected chi connectivity index (χ4v) is 2.68. The molecular weight excluding hydrogens is 392 g/mol. The topological polar surface area (TPSA) is 122 Å². The zero-order valence-corrected chi connectivity index (χ0v) is 17.5. The summed E-state index contributed by atoms with van der Waals surface area (Å²) >= 11 is 0. The molecule has 1 aromatic rings. The van der Waals surface area contributed by atoms with Crippen LogP contribution < -0.4 is 5.32 Å². The average Bonchev–Trinajstić information content (AvgIpc) is 2.74. The minimum absolute atomic E-state index is 0.0460. The third-order valence-corrected chi connectivity index (χ3v) is 4.45. The van der Waals surface area contributed by atoms with Crippen LogP contribution in [0.3, 0.4) is 0 Å². The smallest absolute Gasteiger partial charge is 0.408 e. The lowest BCUT2D eigenvalue weighted by molar-refractivity contribution is -0.143. The number of nitrogens with zero attached hydrogens (tertiary/aromatic N) is 1.